The summed E-state index contributed by atoms with van der Waals surface area (Å²) in [5.74, 6) is 1.48. The molecule has 1 aliphatic rings. The van der Waals surface area contributed by atoms with E-state index in [1.807, 2.05) is 17.9 Å². The number of methoxy groups -OCH3 is 3. The summed E-state index contributed by atoms with van der Waals surface area (Å²) in [6.07, 6.45) is 3.89. The predicted molar refractivity (Wildman–Crippen MR) is 115 cm³/mol. The third-order valence-corrected chi connectivity index (χ3v) is 6.52. The fourth-order valence-electron chi connectivity index (χ4n) is 3.69. The second kappa shape index (κ2) is 7.98. The largest absolute Gasteiger partial charge is 0.493 e. The molecular formula is C21H24N4O4S. The second-order valence-electron chi connectivity index (χ2n) is 7.06. The van der Waals surface area contributed by atoms with Crippen molar-refractivity contribution in [1.82, 2.24) is 14.8 Å². The fourth-order valence-corrected chi connectivity index (χ4v) is 4.74. The molecule has 0 radical (unpaired) electrons. The van der Waals surface area contributed by atoms with E-state index in [4.69, 9.17) is 19.2 Å². The monoisotopic (exact) mass is 428 g/mol. The molecule has 1 aliphatic carbocycles. The molecule has 1 aromatic carbocycles. The number of likely N-dealkylation sites (N-methyl/N-ethyl adjacent to an activating group) is 1. The molecule has 0 unspecified atom stereocenters. The van der Waals surface area contributed by atoms with Gasteiger partial charge in [-0.2, -0.15) is 5.10 Å². The van der Waals surface area contributed by atoms with E-state index in [9.17, 15) is 4.79 Å². The number of hydrogen-bond donors (Lipinski definition) is 0. The van der Waals surface area contributed by atoms with Crippen molar-refractivity contribution in [2.45, 2.75) is 19.3 Å². The molecule has 1 amide bonds. The Morgan fingerprint density at radius 2 is 1.87 bits per heavy atom. The maximum Gasteiger partial charge on any atom is 0.232 e. The van der Waals surface area contributed by atoms with Gasteiger partial charge in [0.1, 0.15) is 0 Å². The SMILES string of the molecule is COc1cc(CC(=O)N(C)c2nc3c(s2)CCc2c-3cnn2C)cc(OC)c1OC. The molecule has 0 N–H and O–H groups in total. The molecule has 0 atom stereocenters. The Morgan fingerprint density at radius 3 is 2.50 bits per heavy atom. The number of carbonyl (C=O) groups is 1. The van der Waals surface area contributed by atoms with E-state index in [0.29, 0.717) is 22.4 Å². The maximum atomic E-state index is 13.0. The quantitative estimate of drug-likeness (QED) is 0.601. The van der Waals surface area contributed by atoms with E-state index in [0.717, 1.165) is 29.7 Å². The number of amides is 1. The highest BCUT2D eigenvalue weighted by atomic mass is 32.1. The molecule has 4 rings (SSSR count). The highest BCUT2D eigenvalue weighted by Gasteiger charge is 2.26. The van der Waals surface area contributed by atoms with E-state index in [1.165, 1.54) is 10.6 Å². The summed E-state index contributed by atoms with van der Waals surface area (Å²) >= 11 is 1.56. The first-order valence-electron chi connectivity index (χ1n) is 9.53. The van der Waals surface area contributed by atoms with Crippen LogP contribution in [0.4, 0.5) is 5.13 Å². The summed E-state index contributed by atoms with van der Waals surface area (Å²) in [6, 6.07) is 3.59. The van der Waals surface area contributed by atoms with Gasteiger partial charge in [0.15, 0.2) is 16.6 Å². The molecular weight excluding hydrogens is 404 g/mol. The molecule has 158 valence electrons. The maximum absolute atomic E-state index is 13.0. The molecule has 2 aromatic heterocycles. The first-order chi connectivity index (χ1) is 14.5. The molecule has 30 heavy (non-hydrogen) atoms. The number of fused-ring (bicyclic) bond motifs is 3. The number of anilines is 1. The van der Waals surface area contributed by atoms with Crippen LogP contribution in [-0.2, 0) is 31.1 Å². The van der Waals surface area contributed by atoms with E-state index >= 15 is 0 Å². The minimum atomic E-state index is -0.0678. The van der Waals surface area contributed by atoms with Gasteiger partial charge >= 0.3 is 0 Å². The van der Waals surface area contributed by atoms with Crippen molar-refractivity contribution in [3.8, 4) is 28.5 Å². The van der Waals surface area contributed by atoms with Crippen molar-refractivity contribution in [2.24, 2.45) is 7.05 Å². The van der Waals surface area contributed by atoms with Crippen LogP contribution >= 0.6 is 11.3 Å². The first kappa shape index (κ1) is 20.2. The van der Waals surface area contributed by atoms with Gasteiger partial charge < -0.3 is 14.2 Å². The lowest BCUT2D eigenvalue weighted by molar-refractivity contribution is -0.117. The van der Waals surface area contributed by atoms with Crippen molar-refractivity contribution >= 4 is 22.4 Å². The number of hydrogen-bond acceptors (Lipinski definition) is 7. The topological polar surface area (TPSA) is 78.7 Å². The van der Waals surface area contributed by atoms with E-state index in [2.05, 4.69) is 5.10 Å². The van der Waals surface area contributed by atoms with Gasteiger partial charge in [-0.3, -0.25) is 14.4 Å². The number of benzene rings is 1. The average Bonchev–Trinajstić information content (AvgIpc) is 3.35. The summed E-state index contributed by atoms with van der Waals surface area (Å²) < 4.78 is 18.0. The lowest BCUT2D eigenvalue weighted by atomic mass is 10.0. The van der Waals surface area contributed by atoms with Crippen LogP contribution < -0.4 is 19.1 Å². The van der Waals surface area contributed by atoms with Gasteiger partial charge in [0.25, 0.3) is 0 Å². The lowest BCUT2D eigenvalue weighted by Crippen LogP contribution is -2.27. The molecule has 3 aromatic rings. The van der Waals surface area contributed by atoms with Gasteiger partial charge in [-0.25, -0.2) is 4.98 Å². The predicted octanol–water partition coefficient (Wildman–Crippen LogP) is 2.87. The van der Waals surface area contributed by atoms with Crippen LogP contribution in [0, 0.1) is 0 Å². The Balaban J connectivity index is 1.58. The Bertz CT molecular complexity index is 1080. The molecule has 0 bridgehead atoms. The zero-order valence-corrected chi connectivity index (χ0v) is 18.5. The number of aryl methyl sites for hydroxylation is 2. The summed E-state index contributed by atoms with van der Waals surface area (Å²) in [5, 5.41) is 5.04. The minimum absolute atomic E-state index is 0.0678. The van der Waals surface area contributed by atoms with Gasteiger partial charge in [0, 0.05) is 30.2 Å². The minimum Gasteiger partial charge on any atom is -0.493 e. The molecule has 9 heteroatoms. The standard InChI is InChI=1S/C21H24N4O4S/c1-24(18(26)10-12-8-15(27-3)20(29-5)16(9-12)28-4)21-23-19-13-11-22-25(2)14(13)6-7-17(19)30-21/h8-9,11H,6-7,10H2,1-5H3. The van der Waals surface area contributed by atoms with Crippen molar-refractivity contribution in [2.75, 3.05) is 33.3 Å². The van der Waals surface area contributed by atoms with Crippen molar-refractivity contribution in [3.05, 3.63) is 34.5 Å². The molecule has 0 spiro atoms. The van der Waals surface area contributed by atoms with Gasteiger partial charge in [0.05, 0.1) is 39.6 Å². The summed E-state index contributed by atoms with van der Waals surface area (Å²) in [5.41, 5.74) is 3.96. The Labute approximate surface area is 179 Å². The molecule has 0 aliphatic heterocycles. The zero-order valence-electron chi connectivity index (χ0n) is 17.7. The highest BCUT2D eigenvalue weighted by Crippen LogP contribution is 2.40. The van der Waals surface area contributed by atoms with E-state index in [-0.39, 0.29) is 12.3 Å². The normalized spacial score (nSPS) is 12.2. The molecule has 8 nitrogen and oxygen atoms in total. The number of aromatic nitrogens is 3. The van der Waals surface area contributed by atoms with Gasteiger partial charge in [0.2, 0.25) is 11.7 Å². The van der Waals surface area contributed by atoms with Crippen LogP contribution in [0.25, 0.3) is 11.3 Å². The zero-order chi connectivity index (χ0) is 21.4. The van der Waals surface area contributed by atoms with Crippen LogP contribution in [-0.4, -0.2) is 49.0 Å². The number of nitrogens with zero attached hydrogens (tertiary/aromatic N) is 4. The first-order valence-corrected chi connectivity index (χ1v) is 10.3. The molecule has 0 fully saturated rings. The van der Waals surface area contributed by atoms with Crippen LogP contribution in [0.5, 0.6) is 17.2 Å². The van der Waals surface area contributed by atoms with Crippen molar-refractivity contribution in [3.63, 3.8) is 0 Å². The Morgan fingerprint density at radius 1 is 1.17 bits per heavy atom. The number of rotatable bonds is 6. The Kier molecular flexibility index (Phi) is 5.38. The van der Waals surface area contributed by atoms with Gasteiger partial charge in [-0.05, 0) is 30.5 Å². The third kappa shape index (κ3) is 3.39. The van der Waals surface area contributed by atoms with E-state index < -0.39 is 0 Å². The number of carbonyl (C=O) groups excluding carboxylic acids is 1. The highest BCUT2D eigenvalue weighted by molar-refractivity contribution is 7.16. The van der Waals surface area contributed by atoms with Crippen molar-refractivity contribution in [1.29, 1.82) is 0 Å². The summed E-state index contributed by atoms with van der Waals surface area (Å²) in [4.78, 5) is 20.6. The third-order valence-electron chi connectivity index (χ3n) is 5.33. The van der Waals surface area contributed by atoms with Crippen molar-refractivity contribution < 1.29 is 19.0 Å². The fraction of sp³-hybridized carbons (Fsp3) is 0.381. The second-order valence-corrected chi connectivity index (χ2v) is 8.12. The van der Waals surface area contributed by atoms with Gasteiger partial charge in [-0.1, -0.05) is 0 Å². The molecule has 0 saturated carbocycles. The average molecular weight is 429 g/mol. The molecule has 0 saturated heterocycles. The summed E-state index contributed by atoms with van der Waals surface area (Å²) in [7, 11) is 8.37. The summed E-state index contributed by atoms with van der Waals surface area (Å²) in [6.45, 7) is 0. The van der Waals surface area contributed by atoms with Crippen LogP contribution in [0.3, 0.4) is 0 Å². The van der Waals surface area contributed by atoms with Crippen LogP contribution in [0.2, 0.25) is 0 Å². The number of ether oxygens (including phenoxy) is 3. The Hall–Kier alpha value is -3.07. The molecule has 2 heterocycles. The van der Waals surface area contributed by atoms with Crippen LogP contribution in [0.1, 0.15) is 16.1 Å². The smallest absolute Gasteiger partial charge is 0.232 e. The van der Waals surface area contributed by atoms with Crippen LogP contribution in [0.15, 0.2) is 18.3 Å². The lowest BCUT2D eigenvalue weighted by Gasteiger charge is -2.16. The van der Waals surface area contributed by atoms with Gasteiger partial charge in [-0.15, -0.1) is 11.3 Å². The number of thiazole rings is 1. The van der Waals surface area contributed by atoms with E-state index in [1.54, 1.807) is 56.7 Å².